The van der Waals surface area contributed by atoms with Gasteiger partial charge in [-0.25, -0.2) is 13.1 Å². The molecule has 1 heterocycles. The first-order chi connectivity index (χ1) is 9.86. The van der Waals surface area contributed by atoms with E-state index >= 15 is 0 Å². The SMILES string of the molecule is O=S(=O)(Cl)c1c(C2CC2)nn(Cc2cccc(Cl)c2)c1Cl. The highest BCUT2D eigenvalue weighted by Gasteiger charge is 2.36. The fourth-order valence-corrected chi connectivity index (χ4v) is 4.26. The molecule has 1 aliphatic rings. The average molecular weight is 366 g/mol. The molecule has 1 saturated carbocycles. The van der Waals surface area contributed by atoms with Crippen LogP contribution in [0.5, 0.6) is 0 Å². The van der Waals surface area contributed by atoms with Gasteiger partial charge in [0.05, 0.1) is 12.2 Å². The van der Waals surface area contributed by atoms with Crippen molar-refractivity contribution >= 4 is 42.9 Å². The molecular formula is C13H11Cl3N2O2S. The third-order valence-corrected chi connectivity index (χ3v) is 5.39. The molecule has 1 aliphatic carbocycles. The van der Waals surface area contributed by atoms with Crippen LogP contribution in [0.25, 0.3) is 0 Å². The normalized spacial score (nSPS) is 15.4. The minimum absolute atomic E-state index is 0.0480. The zero-order valence-electron chi connectivity index (χ0n) is 10.8. The van der Waals surface area contributed by atoms with Crippen molar-refractivity contribution in [2.75, 3.05) is 0 Å². The first-order valence-electron chi connectivity index (χ1n) is 6.31. The average Bonchev–Trinajstić information content (AvgIpc) is 3.15. The van der Waals surface area contributed by atoms with Gasteiger partial charge >= 0.3 is 0 Å². The van der Waals surface area contributed by atoms with Crippen molar-refractivity contribution < 1.29 is 8.42 Å². The summed E-state index contributed by atoms with van der Waals surface area (Å²) in [7, 11) is 1.58. The van der Waals surface area contributed by atoms with Crippen LogP contribution >= 0.6 is 33.9 Å². The first kappa shape index (κ1) is 15.2. The molecule has 0 N–H and O–H groups in total. The molecule has 2 aromatic rings. The molecule has 0 spiro atoms. The summed E-state index contributed by atoms with van der Waals surface area (Å²) >= 11 is 12.1. The molecule has 21 heavy (non-hydrogen) atoms. The van der Waals surface area contributed by atoms with Crippen LogP contribution < -0.4 is 0 Å². The van der Waals surface area contributed by atoms with Crippen LogP contribution in [0.15, 0.2) is 29.2 Å². The lowest BCUT2D eigenvalue weighted by Crippen LogP contribution is -2.02. The molecule has 0 atom stereocenters. The lowest BCUT2D eigenvalue weighted by Gasteiger charge is -2.04. The van der Waals surface area contributed by atoms with E-state index in [0.717, 1.165) is 18.4 Å². The van der Waals surface area contributed by atoms with E-state index in [1.165, 1.54) is 4.68 Å². The van der Waals surface area contributed by atoms with Gasteiger partial charge in [-0.1, -0.05) is 35.3 Å². The monoisotopic (exact) mass is 364 g/mol. The van der Waals surface area contributed by atoms with E-state index in [-0.39, 0.29) is 16.0 Å². The van der Waals surface area contributed by atoms with E-state index in [9.17, 15) is 8.42 Å². The Morgan fingerprint density at radius 3 is 2.57 bits per heavy atom. The van der Waals surface area contributed by atoms with Gasteiger partial charge in [-0.2, -0.15) is 5.10 Å². The van der Waals surface area contributed by atoms with Crippen LogP contribution in [0.3, 0.4) is 0 Å². The van der Waals surface area contributed by atoms with Crippen LogP contribution in [-0.2, 0) is 15.6 Å². The third kappa shape index (κ3) is 3.21. The highest BCUT2D eigenvalue weighted by atomic mass is 35.7. The van der Waals surface area contributed by atoms with Crippen molar-refractivity contribution in [3.63, 3.8) is 0 Å². The van der Waals surface area contributed by atoms with Crippen LogP contribution in [-0.4, -0.2) is 18.2 Å². The number of hydrogen-bond donors (Lipinski definition) is 0. The molecule has 0 bridgehead atoms. The van der Waals surface area contributed by atoms with Gasteiger partial charge in [0.1, 0.15) is 10.0 Å². The van der Waals surface area contributed by atoms with Gasteiger partial charge in [-0.05, 0) is 30.5 Å². The molecule has 1 fully saturated rings. The van der Waals surface area contributed by atoms with Gasteiger partial charge in [-0.3, -0.25) is 0 Å². The van der Waals surface area contributed by atoms with Gasteiger partial charge in [0.15, 0.2) is 0 Å². The maximum atomic E-state index is 11.7. The molecule has 4 nitrogen and oxygen atoms in total. The lowest BCUT2D eigenvalue weighted by molar-refractivity contribution is 0.608. The fourth-order valence-electron chi connectivity index (χ4n) is 2.20. The summed E-state index contributed by atoms with van der Waals surface area (Å²) in [6.07, 6.45) is 1.81. The van der Waals surface area contributed by atoms with Crippen LogP contribution in [0.1, 0.15) is 30.0 Å². The van der Waals surface area contributed by atoms with E-state index in [1.54, 1.807) is 12.1 Å². The second-order valence-corrected chi connectivity index (χ2v) is 8.30. The number of nitrogens with zero attached hydrogens (tertiary/aromatic N) is 2. The van der Waals surface area contributed by atoms with Gasteiger partial charge in [0.25, 0.3) is 9.05 Å². The Bertz CT molecular complexity index is 798. The number of rotatable bonds is 4. The molecule has 0 saturated heterocycles. The molecule has 0 aliphatic heterocycles. The molecule has 0 unspecified atom stereocenters. The highest BCUT2D eigenvalue weighted by Crippen LogP contribution is 2.45. The Morgan fingerprint density at radius 2 is 2.00 bits per heavy atom. The highest BCUT2D eigenvalue weighted by molar-refractivity contribution is 8.13. The molecule has 0 radical (unpaired) electrons. The van der Waals surface area contributed by atoms with Crippen LogP contribution in [0.2, 0.25) is 10.2 Å². The molecular weight excluding hydrogens is 355 g/mol. The smallest absolute Gasteiger partial charge is 0.248 e. The van der Waals surface area contributed by atoms with Crippen LogP contribution in [0, 0.1) is 0 Å². The molecule has 1 aromatic carbocycles. The molecule has 8 heteroatoms. The van der Waals surface area contributed by atoms with E-state index < -0.39 is 9.05 Å². The van der Waals surface area contributed by atoms with Gasteiger partial charge in [0.2, 0.25) is 0 Å². The van der Waals surface area contributed by atoms with Crippen molar-refractivity contribution in [1.82, 2.24) is 9.78 Å². The zero-order valence-corrected chi connectivity index (χ0v) is 13.8. The minimum atomic E-state index is -3.92. The Kier molecular flexibility index (Phi) is 3.94. The summed E-state index contributed by atoms with van der Waals surface area (Å²) in [4.78, 5) is -0.0599. The number of aromatic nitrogens is 2. The summed E-state index contributed by atoms with van der Waals surface area (Å²) in [5.41, 5.74) is 1.35. The van der Waals surface area contributed by atoms with E-state index in [1.807, 2.05) is 12.1 Å². The summed E-state index contributed by atoms with van der Waals surface area (Å²) in [5.74, 6) is 0.131. The zero-order chi connectivity index (χ0) is 15.2. The van der Waals surface area contributed by atoms with Crippen molar-refractivity contribution in [3.8, 4) is 0 Å². The second kappa shape index (κ2) is 5.47. The van der Waals surface area contributed by atoms with E-state index in [2.05, 4.69) is 5.10 Å². The summed E-state index contributed by atoms with van der Waals surface area (Å²) < 4.78 is 24.9. The predicted octanol–water partition coefficient (Wildman–Crippen LogP) is 4.04. The third-order valence-electron chi connectivity index (χ3n) is 3.30. The maximum Gasteiger partial charge on any atom is 0.266 e. The quantitative estimate of drug-likeness (QED) is 0.768. The summed E-state index contributed by atoms with van der Waals surface area (Å²) in [6.45, 7) is 0.339. The van der Waals surface area contributed by atoms with Crippen molar-refractivity contribution in [2.24, 2.45) is 0 Å². The van der Waals surface area contributed by atoms with E-state index in [0.29, 0.717) is 17.3 Å². The van der Waals surface area contributed by atoms with Gasteiger partial charge in [0, 0.05) is 21.6 Å². The van der Waals surface area contributed by atoms with E-state index in [4.69, 9.17) is 33.9 Å². The second-order valence-electron chi connectivity index (χ2n) is 5.00. The Labute approximate surface area is 137 Å². The van der Waals surface area contributed by atoms with Gasteiger partial charge < -0.3 is 0 Å². The van der Waals surface area contributed by atoms with Crippen molar-refractivity contribution in [1.29, 1.82) is 0 Å². The Balaban J connectivity index is 2.04. The Morgan fingerprint density at radius 1 is 1.29 bits per heavy atom. The predicted molar refractivity (Wildman–Crippen MR) is 82.8 cm³/mol. The number of benzene rings is 1. The number of halogens is 3. The topological polar surface area (TPSA) is 52.0 Å². The number of hydrogen-bond acceptors (Lipinski definition) is 3. The van der Waals surface area contributed by atoms with Gasteiger partial charge in [-0.15, -0.1) is 0 Å². The van der Waals surface area contributed by atoms with Crippen molar-refractivity contribution in [3.05, 3.63) is 45.7 Å². The molecule has 112 valence electrons. The standard InChI is InChI=1S/C13H11Cl3N2O2S/c14-10-3-1-2-8(6-10)7-18-13(15)12(21(16,19)20)11(17-18)9-4-5-9/h1-3,6,9H,4-5,7H2. The van der Waals surface area contributed by atoms with Crippen LogP contribution in [0.4, 0.5) is 0 Å². The molecule has 0 amide bonds. The lowest BCUT2D eigenvalue weighted by atomic mass is 10.2. The minimum Gasteiger partial charge on any atom is -0.248 e. The summed E-state index contributed by atoms with van der Waals surface area (Å²) in [6, 6.07) is 7.23. The summed E-state index contributed by atoms with van der Waals surface area (Å²) in [5, 5.41) is 4.99. The Hall–Kier alpha value is -0.750. The first-order valence-corrected chi connectivity index (χ1v) is 9.38. The maximum absolute atomic E-state index is 11.7. The van der Waals surface area contributed by atoms with Crippen molar-refractivity contribution in [2.45, 2.75) is 30.2 Å². The molecule has 3 rings (SSSR count). The fraction of sp³-hybridized carbons (Fsp3) is 0.308. The molecule has 1 aromatic heterocycles. The largest absolute Gasteiger partial charge is 0.266 e.